The van der Waals surface area contributed by atoms with Crippen molar-refractivity contribution in [2.75, 3.05) is 13.1 Å². The van der Waals surface area contributed by atoms with Gasteiger partial charge in [0.15, 0.2) is 0 Å². The molecule has 1 atom stereocenters. The second-order valence-corrected chi connectivity index (χ2v) is 6.05. The molecule has 1 aliphatic heterocycles. The van der Waals surface area contributed by atoms with Gasteiger partial charge in [0.1, 0.15) is 5.01 Å². The molecule has 0 aromatic carbocycles. The van der Waals surface area contributed by atoms with Gasteiger partial charge in [-0.1, -0.05) is 13.3 Å². The van der Waals surface area contributed by atoms with Crippen molar-refractivity contribution in [2.24, 2.45) is 5.41 Å². The Morgan fingerprint density at radius 1 is 1.67 bits per heavy atom. The monoisotopic (exact) mass is 268 g/mol. The lowest BCUT2D eigenvalue weighted by Crippen LogP contribution is -2.47. The predicted molar refractivity (Wildman–Crippen MR) is 71.6 cm³/mol. The van der Waals surface area contributed by atoms with E-state index in [1.165, 1.54) is 0 Å². The van der Waals surface area contributed by atoms with E-state index < -0.39 is 11.4 Å². The van der Waals surface area contributed by atoms with Crippen LogP contribution in [-0.4, -0.2) is 34.0 Å². The molecule has 1 saturated heterocycles. The average Bonchev–Trinajstić information content (AvgIpc) is 2.82. The molecule has 0 amide bonds. The van der Waals surface area contributed by atoms with E-state index in [4.69, 9.17) is 0 Å². The largest absolute Gasteiger partial charge is 0.481 e. The minimum Gasteiger partial charge on any atom is -0.481 e. The number of carbonyl (C=O) groups is 1. The topological polar surface area (TPSA) is 53.4 Å². The Kier molecular flexibility index (Phi) is 4.35. The minimum atomic E-state index is -0.631. The third kappa shape index (κ3) is 2.90. The molecule has 1 N–H and O–H groups in total. The molecule has 1 aromatic rings. The number of hydrogen-bond donors (Lipinski definition) is 1. The van der Waals surface area contributed by atoms with Crippen molar-refractivity contribution in [3.05, 3.63) is 16.6 Å². The molecule has 4 nitrogen and oxygen atoms in total. The zero-order valence-corrected chi connectivity index (χ0v) is 11.6. The van der Waals surface area contributed by atoms with Crippen LogP contribution in [0, 0.1) is 5.41 Å². The molecule has 0 radical (unpaired) electrons. The lowest BCUT2D eigenvalue weighted by molar-refractivity contribution is -0.153. The van der Waals surface area contributed by atoms with E-state index in [9.17, 15) is 9.90 Å². The van der Waals surface area contributed by atoms with Gasteiger partial charge in [-0.05, 0) is 25.8 Å². The molecule has 0 spiro atoms. The number of likely N-dealkylation sites (tertiary alicyclic amines) is 1. The fourth-order valence-corrected chi connectivity index (χ4v) is 3.51. The Hall–Kier alpha value is -0.940. The van der Waals surface area contributed by atoms with Crippen molar-refractivity contribution < 1.29 is 9.90 Å². The summed E-state index contributed by atoms with van der Waals surface area (Å²) in [6.07, 6.45) is 5.29. The van der Waals surface area contributed by atoms with E-state index in [0.717, 1.165) is 43.8 Å². The summed E-state index contributed by atoms with van der Waals surface area (Å²) in [5, 5.41) is 12.6. The first kappa shape index (κ1) is 13.5. The Balaban J connectivity index is 2.04. The van der Waals surface area contributed by atoms with Gasteiger partial charge in [0.25, 0.3) is 0 Å². The highest BCUT2D eigenvalue weighted by molar-refractivity contribution is 7.09. The van der Waals surface area contributed by atoms with Crippen LogP contribution in [-0.2, 0) is 11.3 Å². The third-order valence-corrected chi connectivity index (χ3v) is 4.44. The molecular weight excluding hydrogens is 248 g/mol. The molecule has 0 bridgehead atoms. The quantitative estimate of drug-likeness (QED) is 0.892. The number of hydrogen-bond acceptors (Lipinski definition) is 4. The minimum absolute atomic E-state index is 0.537. The Morgan fingerprint density at radius 3 is 3.11 bits per heavy atom. The summed E-state index contributed by atoms with van der Waals surface area (Å²) in [6, 6.07) is 0. The number of carboxylic acids is 1. The van der Waals surface area contributed by atoms with Gasteiger partial charge in [0.2, 0.25) is 0 Å². The van der Waals surface area contributed by atoms with E-state index in [1.54, 1.807) is 17.5 Å². The smallest absolute Gasteiger partial charge is 0.310 e. The van der Waals surface area contributed by atoms with Gasteiger partial charge in [-0.2, -0.15) is 0 Å². The van der Waals surface area contributed by atoms with Crippen LogP contribution in [0.1, 0.15) is 37.6 Å². The highest BCUT2D eigenvalue weighted by atomic mass is 32.1. The number of nitrogens with zero attached hydrogens (tertiary/aromatic N) is 2. The lowest BCUT2D eigenvalue weighted by atomic mass is 9.76. The molecule has 2 rings (SSSR count). The number of thiazole rings is 1. The van der Waals surface area contributed by atoms with E-state index in [1.807, 2.05) is 5.38 Å². The second kappa shape index (κ2) is 5.80. The normalized spacial score (nSPS) is 25.2. The SMILES string of the molecule is CCCC1(C(=O)O)CCCN(Cc2nccs2)C1. The highest BCUT2D eigenvalue weighted by Gasteiger charge is 2.41. The van der Waals surface area contributed by atoms with E-state index in [0.29, 0.717) is 6.54 Å². The number of piperidine rings is 1. The molecular formula is C13H20N2O2S. The van der Waals surface area contributed by atoms with Gasteiger partial charge < -0.3 is 5.11 Å². The van der Waals surface area contributed by atoms with E-state index in [2.05, 4.69) is 16.8 Å². The van der Waals surface area contributed by atoms with E-state index in [-0.39, 0.29) is 0 Å². The summed E-state index contributed by atoms with van der Waals surface area (Å²) in [7, 11) is 0. The van der Waals surface area contributed by atoms with Crippen LogP contribution >= 0.6 is 11.3 Å². The van der Waals surface area contributed by atoms with Crippen LogP contribution in [0.2, 0.25) is 0 Å². The van der Waals surface area contributed by atoms with Crippen LogP contribution < -0.4 is 0 Å². The Labute approximate surface area is 112 Å². The van der Waals surface area contributed by atoms with Crippen LogP contribution in [0.15, 0.2) is 11.6 Å². The maximum Gasteiger partial charge on any atom is 0.310 e. The van der Waals surface area contributed by atoms with Crippen LogP contribution in [0.25, 0.3) is 0 Å². The molecule has 2 heterocycles. The van der Waals surface area contributed by atoms with Gasteiger partial charge in [0, 0.05) is 18.1 Å². The van der Waals surface area contributed by atoms with Gasteiger partial charge in [-0.3, -0.25) is 9.69 Å². The summed E-state index contributed by atoms with van der Waals surface area (Å²) >= 11 is 1.64. The summed E-state index contributed by atoms with van der Waals surface area (Å²) in [5.41, 5.74) is -0.537. The zero-order chi connectivity index (χ0) is 13.0. The molecule has 1 fully saturated rings. The van der Waals surface area contributed by atoms with Crippen LogP contribution in [0.3, 0.4) is 0 Å². The van der Waals surface area contributed by atoms with Crippen LogP contribution in [0.4, 0.5) is 0 Å². The first-order valence-electron chi connectivity index (χ1n) is 6.50. The molecule has 1 aliphatic rings. The molecule has 0 aliphatic carbocycles. The zero-order valence-electron chi connectivity index (χ0n) is 10.8. The van der Waals surface area contributed by atoms with Gasteiger partial charge in [0.05, 0.1) is 12.0 Å². The van der Waals surface area contributed by atoms with Crippen molar-refractivity contribution in [3.63, 3.8) is 0 Å². The molecule has 100 valence electrons. The van der Waals surface area contributed by atoms with E-state index >= 15 is 0 Å². The maximum absolute atomic E-state index is 11.6. The Morgan fingerprint density at radius 2 is 2.50 bits per heavy atom. The van der Waals surface area contributed by atoms with Crippen molar-refractivity contribution in [1.82, 2.24) is 9.88 Å². The van der Waals surface area contributed by atoms with Crippen molar-refractivity contribution in [2.45, 2.75) is 39.2 Å². The maximum atomic E-state index is 11.6. The van der Waals surface area contributed by atoms with Crippen LogP contribution in [0.5, 0.6) is 0 Å². The number of carboxylic acid groups (broad SMARTS) is 1. The number of aliphatic carboxylic acids is 1. The first-order chi connectivity index (χ1) is 8.66. The summed E-state index contributed by atoms with van der Waals surface area (Å²) in [5.74, 6) is -0.631. The Bertz CT molecular complexity index is 390. The van der Waals surface area contributed by atoms with Crippen molar-refractivity contribution in [1.29, 1.82) is 0 Å². The van der Waals surface area contributed by atoms with Gasteiger partial charge >= 0.3 is 5.97 Å². The fraction of sp³-hybridized carbons (Fsp3) is 0.692. The second-order valence-electron chi connectivity index (χ2n) is 5.08. The standard InChI is InChI=1S/C13H20N2O2S/c1-2-4-13(12(16)17)5-3-7-15(10-13)9-11-14-6-8-18-11/h6,8H,2-5,7,9-10H2,1H3,(H,16,17). The number of rotatable bonds is 5. The average molecular weight is 268 g/mol. The summed E-state index contributed by atoms with van der Waals surface area (Å²) in [6.45, 7) is 4.49. The van der Waals surface area contributed by atoms with Gasteiger partial charge in [-0.15, -0.1) is 11.3 Å². The lowest BCUT2D eigenvalue weighted by Gasteiger charge is -2.39. The molecule has 0 saturated carbocycles. The summed E-state index contributed by atoms with van der Waals surface area (Å²) < 4.78 is 0. The first-order valence-corrected chi connectivity index (χ1v) is 7.38. The molecule has 5 heteroatoms. The molecule has 18 heavy (non-hydrogen) atoms. The molecule has 1 unspecified atom stereocenters. The highest BCUT2D eigenvalue weighted by Crippen LogP contribution is 2.35. The summed E-state index contributed by atoms with van der Waals surface area (Å²) in [4.78, 5) is 18.1. The molecule has 1 aromatic heterocycles. The van der Waals surface area contributed by atoms with Gasteiger partial charge in [-0.25, -0.2) is 4.98 Å². The predicted octanol–water partition coefficient (Wildman–Crippen LogP) is 2.61. The third-order valence-electron chi connectivity index (χ3n) is 3.68. The van der Waals surface area contributed by atoms with Crippen molar-refractivity contribution >= 4 is 17.3 Å². The number of aromatic nitrogens is 1. The van der Waals surface area contributed by atoms with Crippen molar-refractivity contribution in [3.8, 4) is 0 Å². The fourth-order valence-electron chi connectivity index (χ4n) is 2.85.